The summed E-state index contributed by atoms with van der Waals surface area (Å²) in [4.78, 5) is 0. The van der Waals surface area contributed by atoms with Crippen LogP contribution in [0.5, 0.6) is 0 Å². The number of methoxy groups -OCH3 is 1. The van der Waals surface area contributed by atoms with Gasteiger partial charge in [0.2, 0.25) is 0 Å². The molecule has 0 saturated heterocycles. The Morgan fingerprint density at radius 1 is 1.14 bits per heavy atom. The van der Waals surface area contributed by atoms with Gasteiger partial charge in [-0.2, -0.15) is 0 Å². The average Bonchev–Trinajstić information content (AvgIpc) is 2.16. The second kappa shape index (κ2) is 8.25. The van der Waals surface area contributed by atoms with E-state index in [0.717, 1.165) is 18.9 Å². The van der Waals surface area contributed by atoms with Gasteiger partial charge in [-0.1, -0.05) is 27.2 Å². The maximum atomic E-state index is 5.16. The second-order valence-corrected chi connectivity index (χ2v) is 4.38. The van der Waals surface area contributed by atoms with Gasteiger partial charge in [-0.25, -0.2) is 0 Å². The van der Waals surface area contributed by atoms with Gasteiger partial charge in [0.25, 0.3) is 0 Å². The molecule has 0 rings (SSSR count). The quantitative estimate of drug-likeness (QED) is 0.652. The predicted octanol–water partition coefficient (Wildman–Crippen LogP) is 2.83. The summed E-state index contributed by atoms with van der Waals surface area (Å²) < 4.78 is 5.16. The van der Waals surface area contributed by atoms with Crippen molar-refractivity contribution in [2.75, 3.05) is 13.7 Å². The van der Waals surface area contributed by atoms with Crippen molar-refractivity contribution in [2.45, 2.75) is 59.0 Å². The molecular formula is C12H27NO. The molecule has 0 aliphatic rings. The minimum absolute atomic E-state index is 0.513. The van der Waals surface area contributed by atoms with Crippen molar-refractivity contribution in [3.05, 3.63) is 0 Å². The normalized spacial score (nSPS) is 17.8. The van der Waals surface area contributed by atoms with E-state index in [1.165, 1.54) is 12.8 Å². The standard InChI is InChI=1S/C12H27NO/c1-6-10(3)8-11(4)13-12(7-2)9-14-5/h10-13H,6-9H2,1-5H3. The Morgan fingerprint density at radius 3 is 2.21 bits per heavy atom. The highest BCUT2D eigenvalue weighted by atomic mass is 16.5. The highest BCUT2D eigenvalue weighted by Gasteiger charge is 2.11. The van der Waals surface area contributed by atoms with E-state index < -0.39 is 0 Å². The zero-order valence-corrected chi connectivity index (χ0v) is 10.5. The first-order valence-electron chi connectivity index (χ1n) is 5.88. The molecule has 2 heteroatoms. The number of nitrogens with one attached hydrogen (secondary N) is 1. The number of hydrogen-bond donors (Lipinski definition) is 1. The van der Waals surface area contributed by atoms with Crippen LogP contribution in [0.1, 0.15) is 47.0 Å². The van der Waals surface area contributed by atoms with E-state index >= 15 is 0 Å². The van der Waals surface area contributed by atoms with Gasteiger partial charge in [0, 0.05) is 19.2 Å². The number of hydrogen-bond acceptors (Lipinski definition) is 2. The van der Waals surface area contributed by atoms with Crippen LogP contribution in [0.25, 0.3) is 0 Å². The monoisotopic (exact) mass is 201 g/mol. The molecule has 0 radical (unpaired) electrons. The van der Waals surface area contributed by atoms with Crippen LogP contribution in [-0.4, -0.2) is 25.8 Å². The van der Waals surface area contributed by atoms with Crippen LogP contribution in [0, 0.1) is 5.92 Å². The third kappa shape index (κ3) is 6.39. The van der Waals surface area contributed by atoms with E-state index in [0.29, 0.717) is 12.1 Å². The first kappa shape index (κ1) is 13.9. The molecule has 86 valence electrons. The summed E-state index contributed by atoms with van der Waals surface area (Å²) in [7, 11) is 1.77. The molecule has 0 amide bonds. The molecular weight excluding hydrogens is 174 g/mol. The molecule has 3 unspecified atom stereocenters. The average molecular weight is 201 g/mol. The van der Waals surface area contributed by atoms with Gasteiger partial charge in [0.05, 0.1) is 6.61 Å². The van der Waals surface area contributed by atoms with Crippen molar-refractivity contribution in [3.8, 4) is 0 Å². The van der Waals surface area contributed by atoms with Crippen molar-refractivity contribution in [2.24, 2.45) is 5.92 Å². The molecule has 14 heavy (non-hydrogen) atoms. The minimum Gasteiger partial charge on any atom is -0.383 e. The summed E-state index contributed by atoms with van der Waals surface area (Å²) >= 11 is 0. The third-order valence-electron chi connectivity index (χ3n) is 2.83. The second-order valence-electron chi connectivity index (χ2n) is 4.38. The molecule has 0 aromatic heterocycles. The fourth-order valence-corrected chi connectivity index (χ4v) is 1.73. The first-order valence-corrected chi connectivity index (χ1v) is 5.88. The summed E-state index contributed by atoms with van der Waals surface area (Å²) in [5, 5.41) is 3.61. The zero-order chi connectivity index (χ0) is 11.0. The largest absolute Gasteiger partial charge is 0.383 e. The maximum Gasteiger partial charge on any atom is 0.0615 e. The van der Waals surface area contributed by atoms with Crippen LogP contribution in [0.2, 0.25) is 0 Å². The molecule has 0 aromatic rings. The minimum atomic E-state index is 0.513. The van der Waals surface area contributed by atoms with Crippen molar-refractivity contribution in [1.29, 1.82) is 0 Å². The molecule has 0 bridgehead atoms. The Labute approximate surface area is 89.4 Å². The van der Waals surface area contributed by atoms with Gasteiger partial charge in [-0.15, -0.1) is 0 Å². The molecule has 0 spiro atoms. The number of rotatable bonds is 8. The van der Waals surface area contributed by atoms with E-state index in [1.54, 1.807) is 7.11 Å². The Hall–Kier alpha value is -0.0800. The zero-order valence-electron chi connectivity index (χ0n) is 10.5. The fourth-order valence-electron chi connectivity index (χ4n) is 1.73. The molecule has 0 aliphatic carbocycles. The first-order chi connectivity index (χ1) is 6.63. The lowest BCUT2D eigenvalue weighted by atomic mass is 9.99. The van der Waals surface area contributed by atoms with E-state index in [2.05, 4.69) is 33.0 Å². The van der Waals surface area contributed by atoms with E-state index in [1.807, 2.05) is 0 Å². The van der Waals surface area contributed by atoms with Gasteiger partial charge in [-0.05, 0) is 25.7 Å². The topological polar surface area (TPSA) is 21.3 Å². The van der Waals surface area contributed by atoms with E-state index in [4.69, 9.17) is 4.74 Å². The molecule has 0 aliphatic heterocycles. The molecule has 0 fully saturated rings. The molecule has 1 N–H and O–H groups in total. The smallest absolute Gasteiger partial charge is 0.0615 e. The summed E-state index contributed by atoms with van der Waals surface area (Å²) in [6.45, 7) is 9.86. The summed E-state index contributed by atoms with van der Waals surface area (Å²) in [5.74, 6) is 0.817. The fraction of sp³-hybridized carbons (Fsp3) is 1.00. The van der Waals surface area contributed by atoms with Gasteiger partial charge in [0.1, 0.15) is 0 Å². The van der Waals surface area contributed by atoms with Crippen molar-refractivity contribution < 1.29 is 4.74 Å². The Kier molecular flexibility index (Phi) is 8.20. The molecule has 0 aromatic carbocycles. The van der Waals surface area contributed by atoms with Gasteiger partial charge in [-0.3, -0.25) is 0 Å². The van der Waals surface area contributed by atoms with Crippen LogP contribution in [-0.2, 0) is 4.74 Å². The molecule has 0 saturated carbocycles. The molecule has 3 atom stereocenters. The van der Waals surface area contributed by atoms with Crippen molar-refractivity contribution in [1.82, 2.24) is 5.32 Å². The Morgan fingerprint density at radius 2 is 1.79 bits per heavy atom. The van der Waals surface area contributed by atoms with Gasteiger partial charge >= 0.3 is 0 Å². The maximum absolute atomic E-state index is 5.16. The van der Waals surface area contributed by atoms with Crippen LogP contribution >= 0.6 is 0 Å². The molecule has 2 nitrogen and oxygen atoms in total. The van der Waals surface area contributed by atoms with Crippen LogP contribution < -0.4 is 5.32 Å². The molecule has 0 heterocycles. The summed E-state index contributed by atoms with van der Waals surface area (Å²) in [6.07, 6.45) is 3.67. The predicted molar refractivity (Wildman–Crippen MR) is 62.6 cm³/mol. The van der Waals surface area contributed by atoms with Crippen molar-refractivity contribution >= 4 is 0 Å². The number of ether oxygens (including phenoxy) is 1. The SMILES string of the molecule is CCC(C)CC(C)NC(CC)COC. The van der Waals surface area contributed by atoms with Crippen LogP contribution in [0.15, 0.2) is 0 Å². The summed E-state index contributed by atoms with van der Waals surface area (Å²) in [5.41, 5.74) is 0. The van der Waals surface area contributed by atoms with Crippen LogP contribution in [0.4, 0.5) is 0 Å². The van der Waals surface area contributed by atoms with Crippen LogP contribution in [0.3, 0.4) is 0 Å². The lowest BCUT2D eigenvalue weighted by Crippen LogP contribution is -2.39. The lowest BCUT2D eigenvalue weighted by Gasteiger charge is -2.23. The van der Waals surface area contributed by atoms with E-state index in [9.17, 15) is 0 Å². The highest BCUT2D eigenvalue weighted by Crippen LogP contribution is 2.10. The van der Waals surface area contributed by atoms with Gasteiger partial charge < -0.3 is 10.1 Å². The Bertz CT molecular complexity index is 127. The third-order valence-corrected chi connectivity index (χ3v) is 2.83. The van der Waals surface area contributed by atoms with E-state index in [-0.39, 0.29) is 0 Å². The highest BCUT2D eigenvalue weighted by molar-refractivity contribution is 4.71. The Balaban J connectivity index is 3.71. The van der Waals surface area contributed by atoms with Crippen molar-refractivity contribution in [3.63, 3.8) is 0 Å². The van der Waals surface area contributed by atoms with Gasteiger partial charge in [0.15, 0.2) is 0 Å². The summed E-state index contributed by atoms with van der Waals surface area (Å²) in [6, 6.07) is 1.11. The lowest BCUT2D eigenvalue weighted by molar-refractivity contribution is 0.157.